The molecule has 0 radical (unpaired) electrons. The minimum atomic E-state index is -3.26. The van der Waals surface area contributed by atoms with Gasteiger partial charge in [-0.25, -0.2) is 18.2 Å². The quantitative estimate of drug-likeness (QED) is 0.754. The van der Waals surface area contributed by atoms with Gasteiger partial charge in [-0.05, 0) is 42.7 Å². The second-order valence-electron chi connectivity index (χ2n) is 6.83. The molecule has 6 nitrogen and oxygen atoms in total. The number of ether oxygens (including phenoxy) is 1. The average molecular weight is 384 g/mol. The van der Waals surface area contributed by atoms with E-state index in [1.165, 1.54) is 19.1 Å². The van der Waals surface area contributed by atoms with Crippen molar-refractivity contribution in [2.24, 2.45) is 0 Å². The Hall–Kier alpha value is -2.67. The number of benzene rings is 1. The van der Waals surface area contributed by atoms with Crippen molar-refractivity contribution in [3.8, 4) is 0 Å². The molecule has 1 saturated heterocycles. The Morgan fingerprint density at radius 2 is 1.67 bits per heavy atom. The molecule has 0 N–H and O–H groups in total. The minimum absolute atomic E-state index is 0.167. The zero-order valence-electron chi connectivity index (χ0n) is 15.0. The largest absolute Gasteiger partial charge is 0.457 e. The lowest BCUT2D eigenvalue weighted by atomic mass is 9.98. The van der Waals surface area contributed by atoms with E-state index < -0.39 is 9.84 Å². The lowest BCUT2D eigenvalue weighted by Crippen LogP contribution is -2.18. The topological polar surface area (TPSA) is 76.6 Å². The van der Waals surface area contributed by atoms with Crippen LogP contribution in [0.1, 0.15) is 24.0 Å². The summed E-state index contributed by atoms with van der Waals surface area (Å²) in [6, 6.07) is 10.3. The van der Waals surface area contributed by atoms with Crippen molar-refractivity contribution in [3.05, 3.63) is 53.7 Å². The number of carbonyl (C=O) groups excluding carboxylic acids is 1. The third-order valence-corrected chi connectivity index (χ3v) is 6.08. The molecule has 2 aromatic rings. The lowest BCUT2D eigenvalue weighted by molar-refractivity contribution is -0.133. The number of carbonyl (C=O) groups is 1. The predicted molar refractivity (Wildman–Crippen MR) is 103 cm³/mol. The molecule has 0 atom stereocenters. The van der Waals surface area contributed by atoms with Crippen LogP contribution in [0.2, 0.25) is 0 Å². The first kappa shape index (κ1) is 17.7. The van der Waals surface area contributed by atoms with E-state index in [9.17, 15) is 13.2 Å². The highest BCUT2D eigenvalue weighted by Gasteiger charge is 2.28. The summed E-state index contributed by atoms with van der Waals surface area (Å²) < 4.78 is 28.5. The van der Waals surface area contributed by atoms with E-state index in [0.717, 1.165) is 30.0 Å². The van der Waals surface area contributed by atoms with Crippen LogP contribution in [0.5, 0.6) is 0 Å². The van der Waals surface area contributed by atoms with Gasteiger partial charge in [0.05, 0.1) is 10.5 Å². The maximum atomic E-state index is 12.3. The number of sulfone groups is 1. The first-order chi connectivity index (χ1) is 12.9. The van der Waals surface area contributed by atoms with Gasteiger partial charge in [0.1, 0.15) is 12.4 Å². The molecule has 0 aliphatic carbocycles. The SMILES string of the molecule is CS(=O)(=O)c1ccc(C2=C(c3ccc(N4CCCC4)nc3)C(=O)OC2)cc1. The fourth-order valence-corrected chi connectivity index (χ4v) is 4.13. The molecule has 1 aromatic heterocycles. The average Bonchev–Trinajstić information content (AvgIpc) is 3.31. The van der Waals surface area contributed by atoms with Gasteiger partial charge >= 0.3 is 5.97 Å². The molecular formula is C20H20N2O4S. The van der Waals surface area contributed by atoms with Crippen LogP contribution in [0.25, 0.3) is 11.1 Å². The second kappa shape index (κ2) is 6.81. The summed E-state index contributed by atoms with van der Waals surface area (Å²) in [5.74, 6) is 0.537. The molecule has 1 fully saturated rings. The highest BCUT2D eigenvalue weighted by Crippen LogP contribution is 2.33. The van der Waals surface area contributed by atoms with Crippen LogP contribution in [0, 0.1) is 0 Å². The molecule has 1 aromatic carbocycles. The van der Waals surface area contributed by atoms with Crippen molar-refractivity contribution in [2.45, 2.75) is 17.7 Å². The van der Waals surface area contributed by atoms with Crippen molar-refractivity contribution in [1.29, 1.82) is 0 Å². The lowest BCUT2D eigenvalue weighted by Gasteiger charge is -2.16. The first-order valence-corrected chi connectivity index (χ1v) is 10.7. The monoisotopic (exact) mass is 384 g/mol. The molecule has 0 bridgehead atoms. The molecule has 27 heavy (non-hydrogen) atoms. The first-order valence-electron chi connectivity index (χ1n) is 8.85. The Morgan fingerprint density at radius 3 is 2.26 bits per heavy atom. The molecule has 0 unspecified atom stereocenters. The zero-order chi connectivity index (χ0) is 19.0. The van der Waals surface area contributed by atoms with E-state index in [0.29, 0.717) is 11.1 Å². The highest BCUT2D eigenvalue weighted by molar-refractivity contribution is 7.90. The molecule has 2 aliphatic rings. The number of nitrogens with zero attached hydrogens (tertiary/aromatic N) is 2. The summed E-state index contributed by atoms with van der Waals surface area (Å²) in [5, 5.41) is 0. The molecule has 3 heterocycles. The van der Waals surface area contributed by atoms with Gasteiger partial charge in [-0.15, -0.1) is 0 Å². The van der Waals surface area contributed by atoms with E-state index in [4.69, 9.17) is 4.74 Å². The summed E-state index contributed by atoms with van der Waals surface area (Å²) >= 11 is 0. The summed E-state index contributed by atoms with van der Waals surface area (Å²) in [7, 11) is -3.26. The Labute approximate surface area is 158 Å². The van der Waals surface area contributed by atoms with Gasteiger partial charge in [-0.3, -0.25) is 0 Å². The van der Waals surface area contributed by atoms with Crippen LogP contribution in [0.3, 0.4) is 0 Å². The van der Waals surface area contributed by atoms with Gasteiger partial charge in [0.25, 0.3) is 0 Å². The van der Waals surface area contributed by atoms with Crippen LogP contribution in [-0.2, 0) is 19.4 Å². The van der Waals surface area contributed by atoms with Gasteiger partial charge in [-0.2, -0.15) is 0 Å². The van der Waals surface area contributed by atoms with Crippen molar-refractivity contribution >= 4 is 32.8 Å². The van der Waals surface area contributed by atoms with Crippen molar-refractivity contribution < 1.29 is 17.9 Å². The number of hydrogen-bond acceptors (Lipinski definition) is 6. The number of rotatable bonds is 4. The summed E-state index contributed by atoms with van der Waals surface area (Å²) in [6.45, 7) is 2.18. The number of pyridine rings is 1. The maximum absolute atomic E-state index is 12.3. The molecule has 7 heteroatoms. The van der Waals surface area contributed by atoms with E-state index in [2.05, 4.69) is 9.88 Å². The Bertz CT molecular complexity index is 1000. The second-order valence-corrected chi connectivity index (χ2v) is 8.84. The fourth-order valence-electron chi connectivity index (χ4n) is 3.50. The minimum Gasteiger partial charge on any atom is -0.457 e. The normalized spacial score (nSPS) is 17.5. The fraction of sp³-hybridized carbons (Fsp3) is 0.300. The zero-order valence-corrected chi connectivity index (χ0v) is 15.8. The van der Waals surface area contributed by atoms with Crippen LogP contribution < -0.4 is 4.90 Å². The van der Waals surface area contributed by atoms with Crippen LogP contribution >= 0.6 is 0 Å². The molecule has 0 saturated carbocycles. The van der Waals surface area contributed by atoms with E-state index in [1.54, 1.807) is 30.5 Å². The third kappa shape index (κ3) is 3.47. The van der Waals surface area contributed by atoms with Gasteiger partial charge < -0.3 is 9.64 Å². The van der Waals surface area contributed by atoms with Crippen LogP contribution in [0.15, 0.2) is 47.5 Å². The standard InChI is InChI=1S/C20H20N2O4S/c1-27(24,25)16-7-4-14(5-8-16)17-13-26-20(23)19(17)15-6-9-18(21-12-15)22-10-2-3-11-22/h4-9,12H,2-3,10-11,13H2,1H3. The Balaban J connectivity index is 1.69. The predicted octanol–water partition coefficient (Wildman–Crippen LogP) is 2.55. The molecule has 2 aliphatic heterocycles. The number of esters is 1. The summed E-state index contributed by atoms with van der Waals surface area (Å²) in [4.78, 5) is 19.3. The van der Waals surface area contributed by atoms with Crippen molar-refractivity contribution in [2.75, 3.05) is 30.9 Å². The van der Waals surface area contributed by atoms with Crippen molar-refractivity contribution in [1.82, 2.24) is 4.98 Å². The smallest absolute Gasteiger partial charge is 0.339 e. The van der Waals surface area contributed by atoms with E-state index >= 15 is 0 Å². The summed E-state index contributed by atoms with van der Waals surface area (Å²) in [5.41, 5.74) is 2.72. The maximum Gasteiger partial charge on any atom is 0.339 e. The number of aromatic nitrogens is 1. The molecule has 4 rings (SSSR count). The molecule has 0 amide bonds. The number of hydrogen-bond donors (Lipinski definition) is 0. The Kier molecular flexibility index (Phi) is 4.47. The van der Waals surface area contributed by atoms with Gasteiger partial charge in [0.15, 0.2) is 9.84 Å². The molecule has 140 valence electrons. The van der Waals surface area contributed by atoms with Crippen LogP contribution in [-0.4, -0.2) is 45.3 Å². The highest BCUT2D eigenvalue weighted by atomic mass is 32.2. The van der Waals surface area contributed by atoms with Crippen LogP contribution in [0.4, 0.5) is 5.82 Å². The van der Waals surface area contributed by atoms with Gasteiger partial charge in [0.2, 0.25) is 0 Å². The van der Waals surface area contributed by atoms with Crippen molar-refractivity contribution in [3.63, 3.8) is 0 Å². The van der Waals surface area contributed by atoms with E-state index in [-0.39, 0.29) is 17.5 Å². The summed E-state index contributed by atoms with van der Waals surface area (Å²) in [6.07, 6.45) is 5.23. The third-order valence-electron chi connectivity index (χ3n) is 4.95. The van der Waals surface area contributed by atoms with E-state index in [1.807, 2.05) is 12.1 Å². The Morgan fingerprint density at radius 1 is 1.00 bits per heavy atom. The van der Waals surface area contributed by atoms with Gasteiger partial charge in [-0.1, -0.05) is 12.1 Å². The number of anilines is 1. The van der Waals surface area contributed by atoms with Gasteiger partial charge in [0, 0.05) is 36.7 Å². The molecular weight excluding hydrogens is 364 g/mol. The molecule has 0 spiro atoms. The number of cyclic esters (lactones) is 1.